The highest BCUT2D eigenvalue weighted by Crippen LogP contribution is 2.27. The Hall–Kier alpha value is -0.830. The van der Waals surface area contributed by atoms with Crippen LogP contribution in [0.1, 0.15) is 20.3 Å². The summed E-state index contributed by atoms with van der Waals surface area (Å²) in [7, 11) is -4.69. The molecule has 0 heterocycles. The predicted molar refractivity (Wildman–Crippen MR) is 53.9 cm³/mol. The molecule has 0 saturated carbocycles. The Bertz CT molecular complexity index is 365. The molecule has 1 N–H and O–H groups in total. The highest BCUT2D eigenvalue weighted by molar-refractivity contribution is 7.89. The van der Waals surface area contributed by atoms with Gasteiger partial charge in [0.1, 0.15) is 6.54 Å². The molecular weight excluding hydrogens is 263 g/mol. The van der Waals surface area contributed by atoms with Gasteiger partial charge in [-0.2, -0.15) is 17.5 Å². The number of sulfonamides is 1. The van der Waals surface area contributed by atoms with Crippen molar-refractivity contribution in [3.05, 3.63) is 0 Å². The molecule has 0 spiro atoms. The summed E-state index contributed by atoms with van der Waals surface area (Å²) in [6, 6.07) is 0. The van der Waals surface area contributed by atoms with Crippen LogP contribution >= 0.6 is 0 Å². The van der Waals surface area contributed by atoms with E-state index in [2.05, 4.69) is 0 Å². The van der Waals surface area contributed by atoms with E-state index in [4.69, 9.17) is 5.11 Å². The minimum absolute atomic E-state index is 0.233. The standard InChI is InChI=1S/C8H14F3NO4S/c1-3-4-12(5-7(13)14)17(15,16)6(2)8(9,10)11/h6H,3-5H2,1-2H3,(H,13,14). The van der Waals surface area contributed by atoms with Crippen LogP contribution in [0.25, 0.3) is 0 Å². The number of hydrogen-bond acceptors (Lipinski definition) is 3. The van der Waals surface area contributed by atoms with E-state index < -0.39 is 34.0 Å². The number of rotatable bonds is 6. The van der Waals surface area contributed by atoms with Crippen molar-refractivity contribution >= 4 is 16.0 Å². The fourth-order valence-corrected chi connectivity index (χ4v) is 2.60. The summed E-state index contributed by atoms with van der Waals surface area (Å²) in [5.74, 6) is -1.49. The molecule has 0 bridgehead atoms. The van der Waals surface area contributed by atoms with Gasteiger partial charge in [-0.25, -0.2) is 8.42 Å². The number of carboxylic acids is 1. The van der Waals surface area contributed by atoms with Gasteiger partial charge in [0.2, 0.25) is 10.0 Å². The van der Waals surface area contributed by atoms with E-state index in [9.17, 15) is 26.4 Å². The summed E-state index contributed by atoms with van der Waals surface area (Å²) in [6.45, 7) is 0.827. The Kier molecular flexibility index (Phi) is 5.40. The molecule has 0 aromatic heterocycles. The zero-order valence-corrected chi connectivity index (χ0v) is 10.2. The SMILES string of the molecule is CCCN(CC(=O)O)S(=O)(=O)C(C)C(F)(F)F. The van der Waals surface area contributed by atoms with E-state index in [-0.39, 0.29) is 13.0 Å². The van der Waals surface area contributed by atoms with Crippen molar-refractivity contribution in [1.82, 2.24) is 4.31 Å². The third-order valence-corrected chi connectivity index (χ3v) is 4.24. The maximum absolute atomic E-state index is 12.3. The maximum Gasteiger partial charge on any atom is 0.406 e. The smallest absolute Gasteiger partial charge is 0.406 e. The molecule has 0 aliphatic carbocycles. The first-order valence-corrected chi connectivity index (χ1v) is 6.31. The van der Waals surface area contributed by atoms with Gasteiger partial charge in [0, 0.05) is 6.54 Å². The van der Waals surface area contributed by atoms with Crippen molar-refractivity contribution in [2.45, 2.75) is 31.7 Å². The van der Waals surface area contributed by atoms with Crippen molar-refractivity contribution in [2.75, 3.05) is 13.1 Å². The molecule has 0 aromatic carbocycles. The van der Waals surface area contributed by atoms with Crippen LogP contribution in [0.15, 0.2) is 0 Å². The van der Waals surface area contributed by atoms with Crippen LogP contribution in [-0.2, 0) is 14.8 Å². The van der Waals surface area contributed by atoms with Crippen molar-refractivity contribution in [3.63, 3.8) is 0 Å². The molecule has 1 unspecified atom stereocenters. The fraction of sp³-hybridized carbons (Fsp3) is 0.875. The van der Waals surface area contributed by atoms with Gasteiger partial charge < -0.3 is 5.11 Å². The number of carboxylic acid groups (broad SMARTS) is 1. The molecule has 0 fully saturated rings. The molecule has 0 rings (SSSR count). The van der Waals surface area contributed by atoms with Crippen LogP contribution in [0.5, 0.6) is 0 Å². The summed E-state index contributed by atoms with van der Waals surface area (Å²) in [5.41, 5.74) is 0. The second-order valence-electron chi connectivity index (χ2n) is 3.46. The number of hydrogen-bond donors (Lipinski definition) is 1. The normalized spacial score (nSPS) is 14.9. The summed E-state index contributed by atoms with van der Waals surface area (Å²) in [5, 5.41) is 5.86. The van der Waals surface area contributed by atoms with Crippen LogP contribution < -0.4 is 0 Å². The maximum atomic E-state index is 12.3. The number of halogens is 3. The van der Waals surface area contributed by atoms with Crippen LogP contribution in [0.2, 0.25) is 0 Å². The Morgan fingerprint density at radius 1 is 1.41 bits per heavy atom. The van der Waals surface area contributed by atoms with Crippen LogP contribution in [0.4, 0.5) is 13.2 Å². The second-order valence-corrected chi connectivity index (χ2v) is 5.71. The Balaban J connectivity index is 5.15. The second kappa shape index (κ2) is 5.67. The number of alkyl halides is 3. The topological polar surface area (TPSA) is 74.7 Å². The number of aliphatic carboxylic acids is 1. The molecule has 17 heavy (non-hydrogen) atoms. The summed E-state index contributed by atoms with van der Waals surface area (Å²) < 4.78 is 60.4. The first-order valence-electron chi connectivity index (χ1n) is 4.81. The Labute approximate surface area is 97.3 Å². The van der Waals surface area contributed by atoms with E-state index in [0.29, 0.717) is 11.2 Å². The first kappa shape index (κ1) is 16.2. The van der Waals surface area contributed by atoms with Gasteiger partial charge in [-0.05, 0) is 13.3 Å². The predicted octanol–water partition coefficient (Wildman–Crippen LogP) is 1.06. The molecular formula is C8H14F3NO4S. The largest absolute Gasteiger partial charge is 0.480 e. The lowest BCUT2D eigenvalue weighted by molar-refractivity contribution is -0.138. The summed E-state index contributed by atoms with van der Waals surface area (Å²) in [6.07, 6.45) is -4.68. The highest BCUT2D eigenvalue weighted by Gasteiger charge is 2.47. The third kappa shape index (κ3) is 4.50. The first-order chi connectivity index (χ1) is 7.53. The highest BCUT2D eigenvalue weighted by atomic mass is 32.2. The zero-order valence-electron chi connectivity index (χ0n) is 9.36. The van der Waals surface area contributed by atoms with Gasteiger partial charge in [-0.1, -0.05) is 6.92 Å². The average molecular weight is 277 g/mol. The van der Waals surface area contributed by atoms with E-state index >= 15 is 0 Å². The molecule has 9 heteroatoms. The number of carbonyl (C=O) groups is 1. The summed E-state index contributed by atoms with van der Waals surface area (Å²) in [4.78, 5) is 10.4. The van der Waals surface area contributed by atoms with Gasteiger partial charge >= 0.3 is 12.1 Å². The molecule has 1 atom stereocenters. The van der Waals surface area contributed by atoms with Gasteiger partial charge in [0.15, 0.2) is 5.25 Å². The van der Waals surface area contributed by atoms with Crippen LogP contribution in [0.3, 0.4) is 0 Å². The van der Waals surface area contributed by atoms with Crippen LogP contribution in [0, 0.1) is 0 Å². The van der Waals surface area contributed by atoms with E-state index in [1.54, 1.807) is 6.92 Å². The van der Waals surface area contributed by atoms with E-state index in [1.165, 1.54) is 0 Å². The molecule has 102 valence electrons. The summed E-state index contributed by atoms with van der Waals surface area (Å²) >= 11 is 0. The minimum Gasteiger partial charge on any atom is -0.480 e. The lowest BCUT2D eigenvalue weighted by atomic mass is 10.5. The molecule has 0 amide bonds. The quantitative estimate of drug-likeness (QED) is 0.788. The van der Waals surface area contributed by atoms with Crippen molar-refractivity contribution in [1.29, 1.82) is 0 Å². The lowest BCUT2D eigenvalue weighted by Gasteiger charge is -2.25. The lowest BCUT2D eigenvalue weighted by Crippen LogP contribution is -2.46. The fourth-order valence-electron chi connectivity index (χ4n) is 1.09. The van der Waals surface area contributed by atoms with E-state index in [1.807, 2.05) is 0 Å². The monoisotopic (exact) mass is 277 g/mol. The van der Waals surface area contributed by atoms with Crippen molar-refractivity contribution in [2.24, 2.45) is 0 Å². The Morgan fingerprint density at radius 3 is 2.18 bits per heavy atom. The molecule has 0 aliphatic rings. The minimum atomic E-state index is -4.91. The van der Waals surface area contributed by atoms with Gasteiger partial charge in [-0.3, -0.25) is 4.79 Å². The van der Waals surface area contributed by atoms with E-state index in [0.717, 1.165) is 0 Å². The van der Waals surface area contributed by atoms with Gasteiger partial charge in [-0.15, -0.1) is 0 Å². The third-order valence-electron chi connectivity index (χ3n) is 2.05. The van der Waals surface area contributed by atoms with Gasteiger partial charge in [0.25, 0.3) is 0 Å². The average Bonchev–Trinajstić information content (AvgIpc) is 2.13. The van der Waals surface area contributed by atoms with Crippen LogP contribution in [-0.4, -0.2) is 48.3 Å². The molecule has 0 aromatic rings. The number of nitrogens with zero attached hydrogens (tertiary/aromatic N) is 1. The van der Waals surface area contributed by atoms with Gasteiger partial charge in [0.05, 0.1) is 0 Å². The molecule has 0 saturated heterocycles. The molecule has 0 aliphatic heterocycles. The molecule has 0 radical (unpaired) electrons. The van der Waals surface area contributed by atoms with Crippen molar-refractivity contribution in [3.8, 4) is 0 Å². The zero-order chi connectivity index (χ0) is 13.9. The Morgan fingerprint density at radius 2 is 1.88 bits per heavy atom. The molecule has 5 nitrogen and oxygen atoms in total. The van der Waals surface area contributed by atoms with Crippen molar-refractivity contribution < 1.29 is 31.5 Å².